The lowest BCUT2D eigenvalue weighted by Gasteiger charge is -2.01. The van der Waals surface area contributed by atoms with Crippen molar-refractivity contribution in [3.63, 3.8) is 0 Å². The highest BCUT2D eigenvalue weighted by Gasteiger charge is 2.04. The first kappa shape index (κ1) is 12.5. The summed E-state index contributed by atoms with van der Waals surface area (Å²) in [5, 5.41) is 0. The molecular formula is C12H12N2O3S. The van der Waals surface area contributed by atoms with Gasteiger partial charge in [0.15, 0.2) is 5.58 Å². The van der Waals surface area contributed by atoms with Crippen LogP contribution in [-0.2, 0) is 4.79 Å². The molecular weight excluding hydrogens is 252 g/mol. The maximum atomic E-state index is 11.5. The summed E-state index contributed by atoms with van der Waals surface area (Å²) in [5.74, 6) is -0.624. The average molecular weight is 264 g/mol. The highest BCUT2D eigenvalue weighted by molar-refractivity contribution is 7.97. The molecule has 6 heteroatoms. The van der Waals surface area contributed by atoms with Gasteiger partial charge in [-0.25, -0.2) is 4.79 Å². The summed E-state index contributed by atoms with van der Waals surface area (Å²) < 4.78 is 7.59. The molecule has 0 aliphatic rings. The van der Waals surface area contributed by atoms with Gasteiger partial charge in [-0.1, -0.05) is 18.0 Å². The van der Waals surface area contributed by atoms with Crippen LogP contribution >= 0.6 is 11.9 Å². The van der Waals surface area contributed by atoms with E-state index in [2.05, 4.69) is 9.71 Å². The summed E-state index contributed by atoms with van der Waals surface area (Å²) in [6.45, 7) is 1.73. The lowest BCUT2D eigenvalue weighted by molar-refractivity contribution is -0.115. The van der Waals surface area contributed by atoms with Gasteiger partial charge in [-0.3, -0.25) is 14.5 Å². The van der Waals surface area contributed by atoms with Crippen LogP contribution in [0.15, 0.2) is 33.0 Å². The number of carbonyl (C=O) groups is 1. The Morgan fingerprint density at radius 2 is 2.28 bits per heavy atom. The van der Waals surface area contributed by atoms with Crippen molar-refractivity contribution in [1.29, 1.82) is 0 Å². The van der Waals surface area contributed by atoms with Crippen molar-refractivity contribution in [1.82, 2.24) is 9.71 Å². The van der Waals surface area contributed by atoms with E-state index in [0.717, 1.165) is 5.56 Å². The standard InChI is InChI=1S/C12H12N2O3S/c1-7(11(15)14-18-2)5-8-3-4-9-10(6-8)17-12(16)13-9/h3-6H,1-2H3,(H,13,16)(H,14,15)/b7-5+. The van der Waals surface area contributed by atoms with E-state index in [9.17, 15) is 9.59 Å². The first-order valence-corrected chi connectivity index (χ1v) is 6.47. The third-order valence-corrected chi connectivity index (χ3v) is 2.77. The third-order valence-electron chi connectivity index (χ3n) is 2.38. The molecule has 18 heavy (non-hydrogen) atoms. The highest BCUT2D eigenvalue weighted by Crippen LogP contribution is 2.15. The second-order valence-electron chi connectivity index (χ2n) is 3.73. The minimum absolute atomic E-state index is 0.141. The number of aromatic nitrogens is 1. The average Bonchev–Trinajstić information content (AvgIpc) is 2.68. The molecule has 0 spiro atoms. The van der Waals surface area contributed by atoms with Crippen LogP contribution in [-0.4, -0.2) is 17.1 Å². The second kappa shape index (κ2) is 5.14. The van der Waals surface area contributed by atoms with Crippen molar-refractivity contribution in [2.45, 2.75) is 6.92 Å². The van der Waals surface area contributed by atoms with E-state index in [-0.39, 0.29) is 5.91 Å². The summed E-state index contributed by atoms with van der Waals surface area (Å²) in [7, 11) is 0. The quantitative estimate of drug-likeness (QED) is 0.656. The molecule has 0 unspecified atom stereocenters. The molecule has 0 bridgehead atoms. The number of benzene rings is 1. The largest absolute Gasteiger partial charge is 0.417 e. The number of oxazole rings is 1. The van der Waals surface area contributed by atoms with E-state index in [4.69, 9.17) is 4.42 Å². The van der Waals surface area contributed by atoms with Crippen molar-refractivity contribution in [2.24, 2.45) is 0 Å². The lowest BCUT2D eigenvalue weighted by Crippen LogP contribution is -2.15. The number of hydrogen-bond acceptors (Lipinski definition) is 4. The summed E-state index contributed by atoms with van der Waals surface area (Å²) in [6, 6.07) is 5.26. The topological polar surface area (TPSA) is 75.1 Å². The predicted molar refractivity (Wildman–Crippen MR) is 72.1 cm³/mol. The van der Waals surface area contributed by atoms with E-state index in [1.807, 2.05) is 6.07 Å². The van der Waals surface area contributed by atoms with Crippen LogP contribution in [0.4, 0.5) is 0 Å². The van der Waals surface area contributed by atoms with Gasteiger partial charge in [-0.2, -0.15) is 0 Å². The van der Waals surface area contributed by atoms with Gasteiger partial charge in [-0.05, 0) is 30.7 Å². The Kier molecular flexibility index (Phi) is 3.57. The van der Waals surface area contributed by atoms with Gasteiger partial charge in [0.2, 0.25) is 0 Å². The van der Waals surface area contributed by atoms with Crippen molar-refractivity contribution in [3.05, 3.63) is 39.9 Å². The molecule has 0 atom stereocenters. The molecule has 1 amide bonds. The van der Waals surface area contributed by atoms with Gasteiger partial charge < -0.3 is 4.42 Å². The van der Waals surface area contributed by atoms with E-state index in [0.29, 0.717) is 16.7 Å². The summed E-state index contributed by atoms with van der Waals surface area (Å²) in [5.41, 5.74) is 2.51. The molecule has 0 saturated carbocycles. The molecule has 0 aliphatic heterocycles. The molecule has 94 valence electrons. The number of amides is 1. The van der Waals surface area contributed by atoms with Crippen LogP contribution in [0.25, 0.3) is 17.2 Å². The molecule has 2 N–H and O–H groups in total. The van der Waals surface area contributed by atoms with Gasteiger partial charge in [0, 0.05) is 11.8 Å². The molecule has 1 heterocycles. The summed E-state index contributed by atoms with van der Waals surface area (Å²) in [4.78, 5) is 25.1. The third kappa shape index (κ3) is 2.65. The first-order valence-electron chi connectivity index (χ1n) is 5.24. The van der Waals surface area contributed by atoms with Crippen LogP contribution in [0.5, 0.6) is 0 Å². The molecule has 0 saturated heterocycles. The van der Waals surface area contributed by atoms with E-state index >= 15 is 0 Å². The zero-order chi connectivity index (χ0) is 13.1. The molecule has 2 aromatic rings. The van der Waals surface area contributed by atoms with E-state index in [1.165, 1.54) is 11.9 Å². The van der Waals surface area contributed by atoms with Crippen LogP contribution < -0.4 is 10.5 Å². The van der Waals surface area contributed by atoms with Crippen LogP contribution in [0, 0.1) is 0 Å². The highest BCUT2D eigenvalue weighted by atomic mass is 32.2. The minimum Gasteiger partial charge on any atom is -0.408 e. The minimum atomic E-state index is -0.483. The maximum absolute atomic E-state index is 11.5. The van der Waals surface area contributed by atoms with Crippen molar-refractivity contribution in [3.8, 4) is 0 Å². The Bertz CT molecular complexity index is 669. The number of fused-ring (bicyclic) bond motifs is 1. The molecule has 5 nitrogen and oxygen atoms in total. The van der Waals surface area contributed by atoms with Crippen molar-refractivity contribution >= 4 is 35.0 Å². The van der Waals surface area contributed by atoms with Crippen LogP contribution in [0.3, 0.4) is 0 Å². The molecule has 0 fully saturated rings. The van der Waals surface area contributed by atoms with Crippen LogP contribution in [0.2, 0.25) is 0 Å². The van der Waals surface area contributed by atoms with Crippen molar-refractivity contribution < 1.29 is 9.21 Å². The SMILES string of the molecule is CSNC(=O)/C(C)=C/c1ccc2[nH]c(=O)oc2c1. The zero-order valence-electron chi connectivity index (χ0n) is 9.94. The van der Waals surface area contributed by atoms with E-state index in [1.54, 1.807) is 31.4 Å². The molecule has 0 radical (unpaired) electrons. The first-order chi connectivity index (χ1) is 8.60. The fourth-order valence-electron chi connectivity index (χ4n) is 1.54. The van der Waals surface area contributed by atoms with E-state index < -0.39 is 5.76 Å². The number of rotatable bonds is 3. The number of H-pyrrole nitrogens is 1. The Morgan fingerprint density at radius 1 is 1.50 bits per heavy atom. The summed E-state index contributed by atoms with van der Waals surface area (Å²) in [6.07, 6.45) is 3.52. The number of carbonyl (C=O) groups excluding carboxylic acids is 1. The van der Waals surface area contributed by atoms with Gasteiger partial charge in [0.1, 0.15) is 0 Å². The van der Waals surface area contributed by atoms with Gasteiger partial charge in [0.05, 0.1) is 5.52 Å². The Morgan fingerprint density at radius 3 is 3.00 bits per heavy atom. The molecule has 0 aliphatic carbocycles. The summed E-state index contributed by atoms with van der Waals surface area (Å²) >= 11 is 1.25. The number of aromatic amines is 1. The fourth-order valence-corrected chi connectivity index (χ4v) is 1.89. The normalized spacial score (nSPS) is 11.8. The molecule has 1 aromatic carbocycles. The zero-order valence-corrected chi connectivity index (χ0v) is 10.8. The van der Waals surface area contributed by atoms with Gasteiger partial charge in [-0.15, -0.1) is 0 Å². The molecule has 2 rings (SSSR count). The lowest BCUT2D eigenvalue weighted by atomic mass is 10.1. The number of hydrogen-bond donors (Lipinski definition) is 2. The van der Waals surface area contributed by atoms with Gasteiger partial charge in [0.25, 0.3) is 5.91 Å². The van der Waals surface area contributed by atoms with Crippen molar-refractivity contribution in [2.75, 3.05) is 6.26 Å². The predicted octanol–water partition coefficient (Wildman–Crippen LogP) is 1.92. The Balaban J connectivity index is 2.33. The smallest absolute Gasteiger partial charge is 0.408 e. The maximum Gasteiger partial charge on any atom is 0.417 e. The Labute approximate surface area is 107 Å². The number of nitrogens with one attached hydrogen (secondary N) is 2. The molecule has 1 aromatic heterocycles. The monoisotopic (exact) mass is 264 g/mol. The van der Waals surface area contributed by atoms with Crippen LogP contribution in [0.1, 0.15) is 12.5 Å². The Hall–Kier alpha value is -1.95. The van der Waals surface area contributed by atoms with Gasteiger partial charge >= 0.3 is 5.76 Å². The second-order valence-corrected chi connectivity index (χ2v) is 4.35. The fraction of sp³-hybridized carbons (Fsp3) is 0.167.